The number of anilines is 2. The van der Waals surface area contributed by atoms with E-state index in [1.54, 1.807) is 6.07 Å². The minimum Gasteiger partial charge on any atom is -0.475 e. The summed E-state index contributed by atoms with van der Waals surface area (Å²) in [5.41, 5.74) is 0.783. The number of rotatable bonds is 3. The Balaban J connectivity index is 2.25. The smallest absolute Gasteiger partial charge is 0.371 e. The first kappa shape index (κ1) is 12.2. The van der Waals surface area contributed by atoms with Crippen molar-refractivity contribution in [2.45, 2.75) is 0 Å². The Morgan fingerprint density at radius 1 is 1.24 bits per heavy atom. The van der Waals surface area contributed by atoms with Crippen LogP contribution in [-0.2, 0) is 0 Å². The Labute approximate surface area is 114 Å². The lowest BCUT2D eigenvalue weighted by Gasteiger charge is -2.05. The highest BCUT2D eigenvalue weighted by molar-refractivity contribution is 9.11. The quantitative estimate of drug-likeness (QED) is 0.858. The number of aromatic carboxylic acids is 1. The van der Waals surface area contributed by atoms with Gasteiger partial charge in [0.1, 0.15) is 0 Å². The number of carboxylic acids is 1. The average Bonchev–Trinajstić information content (AvgIpc) is 2.72. The third kappa shape index (κ3) is 2.89. The van der Waals surface area contributed by atoms with E-state index in [4.69, 9.17) is 9.52 Å². The molecule has 6 heteroatoms. The topological polar surface area (TPSA) is 62.5 Å². The van der Waals surface area contributed by atoms with Gasteiger partial charge in [0.05, 0.1) is 5.69 Å². The summed E-state index contributed by atoms with van der Waals surface area (Å²) in [6.07, 6.45) is 0. The molecule has 0 radical (unpaired) electrons. The molecule has 0 aliphatic rings. The Morgan fingerprint density at radius 3 is 2.65 bits per heavy atom. The highest BCUT2D eigenvalue weighted by Crippen LogP contribution is 2.29. The predicted octanol–water partition coefficient (Wildman–Crippen LogP) is 4.25. The number of hydrogen-bond donors (Lipinski definition) is 2. The maximum absolute atomic E-state index is 10.6. The van der Waals surface area contributed by atoms with E-state index in [9.17, 15) is 4.79 Å². The fraction of sp³-hybridized carbons (Fsp3) is 0. The molecule has 0 aliphatic heterocycles. The molecular weight excluding hydrogens is 354 g/mol. The highest BCUT2D eigenvalue weighted by atomic mass is 79.9. The first-order valence-corrected chi connectivity index (χ1v) is 6.20. The number of carboxylic acid groups (broad SMARTS) is 1. The summed E-state index contributed by atoms with van der Waals surface area (Å²) in [5, 5.41) is 11.7. The number of furan rings is 1. The highest BCUT2D eigenvalue weighted by Gasteiger charge is 2.09. The molecule has 0 unspecified atom stereocenters. The number of benzene rings is 1. The number of halogens is 2. The van der Waals surface area contributed by atoms with Crippen molar-refractivity contribution in [2.24, 2.45) is 0 Å². The first-order chi connectivity index (χ1) is 8.06. The van der Waals surface area contributed by atoms with Gasteiger partial charge >= 0.3 is 5.97 Å². The maximum Gasteiger partial charge on any atom is 0.371 e. The first-order valence-electron chi connectivity index (χ1n) is 4.61. The van der Waals surface area contributed by atoms with E-state index < -0.39 is 5.97 Å². The SMILES string of the molecule is O=C(O)c1ccc(Nc2cc(Br)ccc2Br)o1. The molecule has 0 atom stereocenters. The van der Waals surface area contributed by atoms with Crippen LogP contribution >= 0.6 is 31.9 Å². The van der Waals surface area contributed by atoms with Gasteiger partial charge in [0.15, 0.2) is 5.88 Å². The Kier molecular flexibility index (Phi) is 3.54. The maximum atomic E-state index is 10.6. The molecule has 0 aliphatic carbocycles. The van der Waals surface area contributed by atoms with E-state index >= 15 is 0 Å². The van der Waals surface area contributed by atoms with Crippen LogP contribution in [0.25, 0.3) is 0 Å². The third-order valence-electron chi connectivity index (χ3n) is 2.00. The van der Waals surface area contributed by atoms with Gasteiger partial charge in [-0.3, -0.25) is 0 Å². The van der Waals surface area contributed by atoms with Crippen LogP contribution in [0.4, 0.5) is 11.6 Å². The number of nitrogens with one attached hydrogen (secondary N) is 1. The van der Waals surface area contributed by atoms with E-state index in [0.717, 1.165) is 14.6 Å². The van der Waals surface area contributed by atoms with Crippen molar-refractivity contribution in [3.8, 4) is 0 Å². The third-order valence-corrected chi connectivity index (χ3v) is 3.19. The summed E-state index contributed by atoms with van der Waals surface area (Å²) in [6.45, 7) is 0. The second-order valence-electron chi connectivity index (χ2n) is 3.22. The van der Waals surface area contributed by atoms with E-state index in [2.05, 4.69) is 37.2 Å². The fourth-order valence-electron chi connectivity index (χ4n) is 1.25. The van der Waals surface area contributed by atoms with Gasteiger partial charge in [-0.15, -0.1) is 0 Å². The van der Waals surface area contributed by atoms with Gasteiger partial charge in [0.25, 0.3) is 0 Å². The molecular formula is C11H7Br2NO3. The van der Waals surface area contributed by atoms with E-state index in [0.29, 0.717) is 5.88 Å². The molecule has 0 fully saturated rings. The van der Waals surface area contributed by atoms with E-state index in [1.165, 1.54) is 6.07 Å². The molecule has 17 heavy (non-hydrogen) atoms. The number of carbonyl (C=O) groups is 1. The monoisotopic (exact) mass is 359 g/mol. The Morgan fingerprint density at radius 2 is 2.00 bits per heavy atom. The van der Waals surface area contributed by atoms with Gasteiger partial charge in [-0.2, -0.15) is 0 Å². The van der Waals surface area contributed by atoms with Gasteiger partial charge in [-0.1, -0.05) is 15.9 Å². The molecule has 88 valence electrons. The van der Waals surface area contributed by atoms with Crippen LogP contribution in [0, 0.1) is 0 Å². The van der Waals surface area contributed by atoms with Crippen LogP contribution in [-0.4, -0.2) is 11.1 Å². The lowest BCUT2D eigenvalue weighted by molar-refractivity contribution is 0.0663. The van der Waals surface area contributed by atoms with Crippen molar-refractivity contribution in [2.75, 3.05) is 5.32 Å². The number of hydrogen-bond acceptors (Lipinski definition) is 3. The Hall–Kier alpha value is -1.27. The van der Waals surface area contributed by atoms with E-state index in [1.807, 2.05) is 18.2 Å². The largest absolute Gasteiger partial charge is 0.475 e. The summed E-state index contributed by atoms with van der Waals surface area (Å²) in [7, 11) is 0. The molecule has 1 heterocycles. The van der Waals surface area contributed by atoms with Crippen LogP contribution in [0.1, 0.15) is 10.6 Å². The second kappa shape index (κ2) is 4.93. The predicted molar refractivity (Wildman–Crippen MR) is 70.8 cm³/mol. The van der Waals surface area contributed by atoms with Gasteiger partial charge < -0.3 is 14.8 Å². The fourth-order valence-corrected chi connectivity index (χ4v) is 1.95. The van der Waals surface area contributed by atoms with Crippen molar-refractivity contribution in [1.82, 2.24) is 0 Å². The standard InChI is InChI=1S/C11H7Br2NO3/c12-6-1-2-7(13)8(5-6)14-10-4-3-9(17-10)11(15)16/h1-5,14H,(H,15,16). The molecule has 4 nitrogen and oxygen atoms in total. The summed E-state index contributed by atoms with van der Waals surface area (Å²) >= 11 is 6.73. The molecule has 0 bridgehead atoms. The summed E-state index contributed by atoms with van der Waals surface area (Å²) in [4.78, 5) is 10.6. The molecule has 0 spiro atoms. The van der Waals surface area contributed by atoms with Crippen molar-refractivity contribution in [3.63, 3.8) is 0 Å². The molecule has 1 aromatic heterocycles. The molecule has 0 saturated carbocycles. The van der Waals surface area contributed by atoms with E-state index in [-0.39, 0.29) is 5.76 Å². The zero-order valence-corrected chi connectivity index (χ0v) is 11.6. The van der Waals surface area contributed by atoms with Crippen molar-refractivity contribution < 1.29 is 14.3 Å². The lowest BCUT2D eigenvalue weighted by atomic mass is 10.3. The van der Waals surface area contributed by atoms with Gasteiger partial charge in [-0.05, 0) is 40.2 Å². The molecule has 0 amide bonds. The minimum atomic E-state index is -1.09. The summed E-state index contributed by atoms with van der Waals surface area (Å²) < 4.78 is 6.86. The molecule has 2 aromatic rings. The van der Waals surface area contributed by atoms with Gasteiger partial charge in [0, 0.05) is 15.0 Å². The van der Waals surface area contributed by atoms with Crippen LogP contribution in [0.2, 0.25) is 0 Å². The zero-order valence-electron chi connectivity index (χ0n) is 8.41. The van der Waals surface area contributed by atoms with Gasteiger partial charge in [-0.25, -0.2) is 4.79 Å². The van der Waals surface area contributed by atoms with Gasteiger partial charge in [0.2, 0.25) is 5.76 Å². The molecule has 2 N–H and O–H groups in total. The second-order valence-corrected chi connectivity index (χ2v) is 4.99. The lowest BCUT2D eigenvalue weighted by Crippen LogP contribution is -1.93. The molecule has 0 saturated heterocycles. The van der Waals surface area contributed by atoms with Crippen molar-refractivity contribution in [1.29, 1.82) is 0 Å². The normalized spacial score (nSPS) is 10.2. The van der Waals surface area contributed by atoms with Crippen LogP contribution in [0.3, 0.4) is 0 Å². The van der Waals surface area contributed by atoms with Crippen LogP contribution in [0.15, 0.2) is 43.7 Å². The molecule has 1 aromatic carbocycles. The summed E-state index contributed by atoms with van der Waals surface area (Å²) in [6, 6.07) is 8.58. The van der Waals surface area contributed by atoms with Crippen LogP contribution < -0.4 is 5.32 Å². The zero-order chi connectivity index (χ0) is 12.4. The van der Waals surface area contributed by atoms with Crippen molar-refractivity contribution >= 4 is 49.4 Å². The summed E-state index contributed by atoms with van der Waals surface area (Å²) in [5.74, 6) is -0.814. The van der Waals surface area contributed by atoms with Crippen LogP contribution in [0.5, 0.6) is 0 Å². The average molecular weight is 361 g/mol. The molecule has 2 rings (SSSR count). The Bertz CT molecular complexity index is 566. The van der Waals surface area contributed by atoms with Crippen molar-refractivity contribution in [3.05, 3.63) is 45.0 Å². The minimum absolute atomic E-state index is 0.0985.